The van der Waals surface area contributed by atoms with E-state index >= 15 is 0 Å². The molecule has 0 heterocycles. The molecule has 1 saturated carbocycles. The predicted molar refractivity (Wildman–Crippen MR) is 81.6 cm³/mol. The molecule has 2 aromatic rings. The Labute approximate surface area is 115 Å². The summed E-state index contributed by atoms with van der Waals surface area (Å²) in [6.07, 6.45) is 2.67. The zero-order valence-electron chi connectivity index (χ0n) is 11.8. The van der Waals surface area contributed by atoms with E-state index in [1.165, 1.54) is 35.2 Å². The van der Waals surface area contributed by atoms with Crippen LogP contribution in [0.4, 0.5) is 5.69 Å². The Bertz CT molecular complexity index is 555. The minimum Gasteiger partial charge on any atom is -0.364 e. The summed E-state index contributed by atoms with van der Waals surface area (Å²) >= 11 is 0. The molecular weight excluding hydrogens is 230 g/mol. The minimum atomic E-state index is 0.738. The van der Waals surface area contributed by atoms with Gasteiger partial charge in [-0.25, -0.2) is 0 Å². The molecule has 3 rings (SSSR count). The van der Waals surface area contributed by atoms with Crippen LogP contribution < -0.4 is 4.90 Å². The molecular formula is C18H21N. The van der Waals surface area contributed by atoms with Crippen molar-refractivity contribution in [3.8, 4) is 0 Å². The lowest BCUT2D eigenvalue weighted by molar-refractivity contribution is 0.790. The van der Waals surface area contributed by atoms with Gasteiger partial charge in [0.15, 0.2) is 0 Å². The molecule has 1 aliphatic carbocycles. The van der Waals surface area contributed by atoms with E-state index in [9.17, 15) is 0 Å². The maximum atomic E-state index is 2.56. The van der Waals surface area contributed by atoms with Crippen LogP contribution in [0.2, 0.25) is 0 Å². The molecule has 0 atom stereocenters. The van der Waals surface area contributed by atoms with Gasteiger partial charge >= 0.3 is 0 Å². The van der Waals surface area contributed by atoms with E-state index in [0.29, 0.717) is 0 Å². The molecule has 0 radical (unpaired) electrons. The molecule has 0 amide bonds. The van der Waals surface area contributed by atoms with E-state index in [1.807, 2.05) is 0 Å². The largest absolute Gasteiger partial charge is 0.364 e. The quantitative estimate of drug-likeness (QED) is 0.774. The van der Waals surface area contributed by atoms with Gasteiger partial charge in [0.1, 0.15) is 0 Å². The Hall–Kier alpha value is -1.76. The van der Waals surface area contributed by atoms with Crippen molar-refractivity contribution < 1.29 is 0 Å². The summed E-state index contributed by atoms with van der Waals surface area (Å²) in [5, 5.41) is 0. The van der Waals surface area contributed by atoms with Crippen LogP contribution in [0.15, 0.2) is 48.5 Å². The Morgan fingerprint density at radius 2 is 1.68 bits per heavy atom. The van der Waals surface area contributed by atoms with Crippen LogP contribution >= 0.6 is 0 Å². The van der Waals surface area contributed by atoms with Crippen molar-refractivity contribution in [2.75, 3.05) is 4.90 Å². The summed E-state index contributed by atoms with van der Waals surface area (Å²) in [5.74, 6) is 0. The maximum absolute atomic E-state index is 2.56. The van der Waals surface area contributed by atoms with Gasteiger partial charge in [-0.1, -0.05) is 36.4 Å². The Morgan fingerprint density at radius 1 is 0.947 bits per heavy atom. The van der Waals surface area contributed by atoms with E-state index in [2.05, 4.69) is 67.3 Å². The molecule has 1 aliphatic rings. The van der Waals surface area contributed by atoms with Gasteiger partial charge in [0.25, 0.3) is 0 Å². The first-order chi connectivity index (χ1) is 9.25. The van der Waals surface area contributed by atoms with Gasteiger partial charge in [-0.3, -0.25) is 0 Å². The number of benzene rings is 2. The van der Waals surface area contributed by atoms with Crippen molar-refractivity contribution in [2.45, 2.75) is 39.3 Å². The molecule has 0 unspecified atom stereocenters. The number of nitrogens with zero attached hydrogens (tertiary/aromatic N) is 1. The Kier molecular flexibility index (Phi) is 3.29. The van der Waals surface area contributed by atoms with Gasteiger partial charge in [0.05, 0.1) is 0 Å². The standard InChI is InChI=1S/C18H21N/c1-14-7-6-8-16(15(14)2)13-19(18-11-12-18)17-9-4-3-5-10-17/h3-10,18H,11-13H2,1-2H3. The third-order valence-corrected chi connectivity index (χ3v) is 4.13. The third kappa shape index (κ3) is 2.65. The summed E-state index contributed by atoms with van der Waals surface area (Å²) in [6.45, 7) is 5.46. The molecule has 0 aromatic heterocycles. The van der Waals surface area contributed by atoms with E-state index < -0.39 is 0 Å². The second-order valence-electron chi connectivity index (χ2n) is 5.55. The smallest absolute Gasteiger partial charge is 0.0435 e. The van der Waals surface area contributed by atoms with E-state index in [4.69, 9.17) is 0 Å². The number of hydrogen-bond donors (Lipinski definition) is 0. The first-order valence-electron chi connectivity index (χ1n) is 7.12. The molecule has 0 N–H and O–H groups in total. The molecule has 0 bridgehead atoms. The summed E-state index contributed by atoms with van der Waals surface area (Å²) in [7, 11) is 0. The van der Waals surface area contributed by atoms with Crippen molar-refractivity contribution in [1.82, 2.24) is 0 Å². The van der Waals surface area contributed by atoms with E-state index in [0.717, 1.165) is 12.6 Å². The van der Waals surface area contributed by atoms with Crippen LogP contribution in [0.5, 0.6) is 0 Å². The minimum absolute atomic E-state index is 0.738. The summed E-state index contributed by atoms with van der Waals surface area (Å²) < 4.78 is 0. The molecule has 1 heteroatoms. The van der Waals surface area contributed by atoms with Crippen LogP contribution in [0.3, 0.4) is 0 Å². The fraction of sp³-hybridized carbons (Fsp3) is 0.333. The fourth-order valence-corrected chi connectivity index (χ4v) is 2.60. The van der Waals surface area contributed by atoms with Gasteiger partial charge < -0.3 is 4.90 Å². The summed E-state index contributed by atoms with van der Waals surface area (Å²) in [6, 6.07) is 18.2. The van der Waals surface area contributed by atoms with Gasteiger partial charge in [0, 0.05) is 18.3 Å². The highest BCUT2D eigenvalue weighted by Gasteiger charge is 2.29. The third-order valence-electron chi connectivity index (χ3n) is 4.13. The second kappa shape index (κ2) is 5.08. The molecule has 1 fully saturated rings. The lowest BCUT2D eigenvalue weighted by atomic mass is 10.0. The van der Waals surface area contributed by atoms with Crippen LogP contribution in [0, 0.1) is 13.8 Å². The molecule has 2 aromatic carbocycles. The lowest BCUT2D eigenvalue weighted by Crippen LogP contribution is -2.25. The normalized spacial score (nSPS) is 14.4. The molecule has 19 heavy (non-hydrogen) atoms. The topological polar surface area (TPSA) is 3.24 Å². The van der Waals surface area contributed by atoms with Gasteiger partial charge in [-0.15, -0.1) is 0 Å². The zero-order chi connectivity index (χ0) is 13.2. The Balaban J connectivity index is 1.88. The number of para-hydroxylation sites is 1. The van der Waals surface area contributed by atoms with Crippen molar-refractivity contribution in [2.24, 2.45) is 0 Å². The van der Waals surface area contributed by atoms with Crippen molar-refractivity contribution >= 4 is 5.69 Å². The van der Waals surface area contributed by atoms with Crippen LogP contribution in [-0.4, -0.2) is 6.04 Å². The van der Waals surface area contributed by atoms with Crippen molar-refractivity contribution in [1.29, 1.82) is 0 Å². The number of hydrogen-bond acceptors (Lipinski definition) is 1. The summed E-state index contributed by atoms with van der Waals surface area (Å²) in [4.78, 5) is 2.56. The van der Waals surface area contributed by atoms with Crippen LogP contribution in [-0.2, 0) is 6.54 Å². The molecule has 98 valence electrons. The second-order valence-corrected chi connectivity index (χ2v) is 5.55. The molecule has 1 nitrogen and oxygen atoms in total. The predicted octanol–water partition coefficient (Wildman–Crippen LogP) is 4.47. The highest BCUT2D eigenvalue weighted by atomic mass is 15.2. The zero-order valence-corrected chi connectivity index (χ0v) is 11.8. The van der Waals surface area contributed by atoms with E-state index in [-0.39, 0.29) is 0 Å². The number of aryl methyl sites for hydroxylation is 1. The van der Waals surface area contributed by atoms with Gasteiger partial charge in [-0.2, -0.15) is 0 Å². The van der Waals surface area contributed by atoms with Gasteiger partial charge in [-0.05, 0) is 55.5 Å². The molecule has 0 spiro atoms. The highest BCUT2D eigenvalue weighted by Crippen LogP contribution is 2.33. The average molecular weight is 251 g/mol. The average Bonchev–Trinajstić information content (AvgIpc) is 3.26. The van der Waals surface area contributed by atoms with E-state index in [1.54, 1.807) is 0 Å². The molecule has 0 aliphatic heterocycles. The summed E-state index contributed by atoms with van der Waals surface area (Å²) in [5.41, 5.74) is 5.63. The van der Waals surface area contributed by atoms with Crippen molar-refractivity contribution in [3.63, 3.8) is 0 Å². The first-order valence-corrected chi connectivity index (χ1v) is 7.12. The van der Waals surface area contributed by atoms with Crippen molar-refractivity contribution in [3.05, 3.63) is 65.2 Å². The lowest BCUT2D eigenvalue weighted by Gasteiger charge is -2.26. The monoisotopic (exact) mass is 251 g/mol. The van der Waals surface area contributed by atoms with Gasteiger partial charge in [0.2, 0.25) is 0 Å². The molecule has 0 saturated heterocycles. The number of anilines is 1. The SMILES string of the molecule is Cc1cccc(CN(c2ccccc2)C2CC2)c1C. The van der Waals surface area contributed by atoms with Crippen LogP contribution in [0.1, 0.15) is 29.5 Å². The first kappa shape index (κ1) is 12.3. The maximum Gasteiger partial charge on any atom is 0.0435 e. The number of rotatable bonds is 4. The fourth-order valence-electron chi connectivity index (χ4n) is 2.60. The Morgan fingerprint density at radius 3 is 2.37 bits per heavy atom. The van der Waals surface area contributed by atoms with Crippen LogP contribution in [0.25, 0.3) is 0 Å². The highest BCUT2D eigenvalue weighted by molar-refractivity contribution is 5.50.